The van der Waals surface area contributed by atoms with Gasteiger partial charge in [-0.05, 0) is 41.0 Å². The van der Waals surface area contributed by atoms with Crippen molar-refractivity contribution in [2.24, 2.45) is 0 Å². The van der Waals surface area contributed by atoms with Crippen LogP contribution in [0.5, 0.6) is 0 Å². The van der Waals surface area contributed by atoms with Crippen LogP contribution in [0.25, 0.3) is 5.65 Å². The minimum absolute atomic E-state index is 0.0210. The lowest BCUT2D eigenvalue weighted by Crippen LogP contribution is -2.09. The van der Waals surface area contributed by atoms with Crippen LogP contribution in [0.1, 0.15) is 23.6 Å². The summed E-state index contributed by atoms with van der Waals surface area (Å²) in [6, 6.07) is 11.1. The Morgan fingerprint density at radius 2 is 2.17 bits per heavy atom. The molecular weight excluding hydrogens is 316 g/mol. The zero-order valence-electron chi connectivity index (χ0n) is 12.1. The van der Waals surface area contributed by atoms with Crippen molar-refractivity contribution in [2.75, 3.05) is 5.32 Å². The smallest absolute Gasteiger partial charge is 0.358 e. The number of fused-ring (bicyclic) bond motifs is 2. The molecule has 1 atom stereocenters. The highest BCUT2D eigenvalue weighted by Gasteiger charge is 2.29. The van der Waals surface area contributed by atoms with Gasteiger partial charge in [-0.25, -0.2) is 0 Å². The number of rotatable bonds is 3. The Hall–Kier alpha value is -2.60. The number of nitrogens with one attached hydrogen (secondary N) is 1. The molecule has 23 heavy (non-hydrogen) atoms. The Labute approximate surface area is 136 Å². The Morgan fingerprint density at radius 3 is 3.00 bits per heavy atom. The number of nitro groups is 1. The number of nitrogens with zero attached hydrogens (tertiary/aromatic N) is 3. The summed E-state index contributed by atoms with van der Waals surface area (Å²) < 4.78 is 1.48. The molecule has 116 valence electrons. The van der Waals surface area contributed by atoms with E-state index in [2.05, 4.69) is 10.3 Å². The Bertz CT molecular complexity index is 922. The molecule has 2 heterocycles. The van der Waals surface area contributed by atoms with Crippen LogP contribution in [0.15, 0.2) is 42.6 Å². The van der Waals surface area contributed by atoms with Crippen LogP contribution >= 0.6 is 11.6 Å². The van der Waals surface area contributed by atoms with Crippen molar-refractivity contribution < 1.29 is 4.92 Å². The van der Waals surface area contributed by atoms with Gasteiger partial charge >= 0.3 is 5.82 Å². The van der Waals surface area contributed by atoms with Gasteiger partial charge < -0.3 is 15.4 Å². The van der Waals surface area contributed by atoms with Crippen LogP contribution in [0.2, 0.25) is 5.02 Å². The largest absolute Gasteiger partial charge is 0.372 e. The van der Waals surface area contributed by atoms with Crippen molar-refractivity contribution in [3.8, 4) is 0 Å². The summed E-state index contributed by atoms with van der Waals surface area (Å²) in [6.45, 7) is 0. The van der Waals surface area contributed by atoms with E-state index >= 15 is 0 Å². The topological polar surface area (TPSA) is 72.5 Å². The zero-order chi connectivity index (χ0) is 16.0. The SMILES string of the molecule is O=[N+]([O-])c1c(N[C@H]2CCc3c(Cl)cccc32)nc2ccccn12. The number of halogens is 1. The third-order valence-electron chi connectivity index (χ3n) is 4.20. The number of anilines is 1. The maximum Gasteiger partial charge on any atom is 0.372 e. The highest BCUT2D eigenvalue weighted by Crippen LogP contribution is 2.39. The van der Waals surface area contributed by atoms with E-state index in [-0.39, 0.29) is 11.9 Å². The van der Waals surface area contributed by atoms with Crippen LogP contribution < -0.4 is 5.32 Å². The number of benzene rings is 1. The molecule has 2 aromatic heterocycles. The molecule has 1 aromatic carbocycles. The molecule has 1 N–H and O–H groups in total. The van der Waals surface area contributed by atoms with Crippen LogP contribution in [0, 0.1) is 10.1 Å². The van der Waals surface area contributed by atoms with Gasteiger partial charge in [0.05, 0.1) is 12.2 Å². The van der Waals surface area contributed by atoms with Gasteiger partial charge in [0, 0.05) is 11.1 Å². The number of hydrogen-bond acceptors (Lipinski definition) is 4. The Balaban J connectivity index is 1.76. The highest BCUT2D eigenvalue weighted by molar-refractivity contribution is 6.31. The molecule has 0 fully saturated rings. The number of pyridine rings is 1. The second kappa shape index (κ2) is 5.24. The fourth-order valence-corrected chi connectivity index (χ4v) is 3.46. The molecule has 0 unspecified atom stereocenters. The minimum Gasteiger partial charge on any atom is -0.358 e. The molecule has 6 nitrogen and oxygen atoms in total. The molecule has 1 aliphatic carbocycles. The van der Waals surface area contributed by atoms with Gasteiger partial charge in [0.2, 0.25) is 11.5 Å². The van der Waals surface area contributed by atoms with Gasteiger partial charge in [-0.1, -0.05) is 29.8 Å². The maximum absolute atomic E-state index is 11.5. The second-order valence-corrected chi connectivity index (χ2v) is 5.92. The molecule has 0 amide bonds. The number of aromatic nitrogens is 2. The van der Waals surface area contributed by atoms with Crippen molar-refractivity contribution in [1.82, 2.24) is 9.38 Å². The molecule has 0 aliphatic heterocycles. The van der Waals surface area contributed by atoms with Gasteiger partial charge in [-0.2, -0.15) is 9.38 Å². The highest BCUT2D eigenvalue weighted by atomic mass is 35.5. The van der Waals surface area contributed by atoms with E-state index in [0.717, 1.165) is 29.0 Å². The van der Waals surface area contributed by atoms with E-state index in [1.807, 2.05) is 18.2 Å². The van der Waals surface area contributed by atoms with Crippen molar-refractivity contribution in [3.63, 3.8) is 0 Å². The van der Waals surface area contributed by atoms with E-state index in [1.54, 1.807) is 24.4 Å². The van der Waals surface area contributed by atoms with Crippen LogP contribution in [0.3, 0.4) is 0 Å². The lowest BCUT2D eigenvalue weighted by molar-refractivity contribution is -0.389. The first-order valence-corrected chi connectivity index (χ1v) is 7.68. The molecule has 7 heteroatoms. The average molecular weight is 329 g/mol. The average Bonchev–Trinajstić information content (AvgIpc) is 3.10. The number of hydrogen-bond donors (Lipinski definition) is 1. The molecule has 0 radical (unpaired) electrons. The van der Waals surface area contributed by atoms with Gasteiger partial charge in [-0.15, -0.1) is 0 Å². The first-order valence-electron chi connectivity index (χ1n) is 7.30. The quantitative estimate of drug-likeness (QED) is 0.582. The zero-order valence-corrected chi connectivity index (χ0v) is 12.8. The van der Waals surface area contributed by atoms with E-state index in [0.29, 0.717) is 11.5 Å². The lowest BCUT2D eigenvalue weighted by Gasteiger charge is -2.13. The molecule has 0 bridgehead atoms. The summed E-state index contributed by atoms with van der Waals surface area (Å²) in [6.07, 6.45) is 3.34. The third kappa shape index (κ3) is 2.22. The fourth-order valence-electron chi connectivity index (χ4n) is 3.18. The summed E-state index contributed by atoms with van der Waals surface area (Å²) in [5, 5.41) is 15.4. The lowest BCUT2D eigenvalue weighted by atomic mass is 10.1. The predicted molar refractivity (Wildman–Crippen MR) is 88.0 cm³/mol. The second-order valence-electron chi connectivity index (χ2n) is 5.51. The molecule has 0 saturated carbocycles. The summed E-state index contributed by atoms with van der Waals surface area (Å²) >= 11 is 6.23. The fraction of sp³-hybridized carbons (Fsp3) is 0.188. The Morgan fingerprint density at radius 1 is 1.30 bits per heavy atom. The maximum atomic E-state index is 11.5. The first-order chi connectivity index (χ1) is 11.1. The van der Waals surface area contributed by atoms with Gasteiger partial charge in [-0.3, -0.25) is 0 Å². The van der Waals surface area contributed by atoms with Gasteiger partial charge in [0.1, 0.15) is 0 Å². The standard InChI is InChI=1S/C16H13ClN4O2/c17-12-5-3-4-11-10(12)7-8-13(11)18-15-16(21(22)23)20-9-2-1-6-14(20)19-15/h1-6,9,13,18H,7-8H2/t13-/m0/s1. The minimum atomic E-state index is -0.407. The summed E-state index contributed by atoms with van der Waals surface area (Å²) in [5.41, 5.74) is 2.74. The van der Waals surface area contributed by atoms with E-state index in [1.165, 1.54) is 4.40 Å². The van der Waals surface area contributed by atoms with Crippen molar-refractivity contribution >= 4 is 28.9 Å². The molecule has 0 spiro atoms. The third-order valence-corrected chi connectivity index (χ3v) is 4.56. The van der Waals surface area contributed by atoms with E-state index in [9.17, 15) is 10.1 Å². The first kappa shape index (κ1) is 14.0. The molecular formula is C16H13ClN4O2. The van der Waals surface area contributed by atoms with Crippen LogP contribution in [0.4, 0.5) is 11.6 Å². The summed E-state index contributed by atoms with van der Waals surface area (Å²) in [7, 11) is 0. The van der Waals surface area contributed by atoms with Crippen LogP contribution in [-0.2, 0) is 6.42 Å². The Kier molecular flexibility index (Phi) is 3.20. The molecule has 3 aromatic rings. The molecule has 1 aliphatic rings. The van der Waals surface area contributed by atoms with Crippen molar-refractivity contribution in [3.05, 3.63) is 68.9 Å². The summed E-state index contributed by atoms with van der Waals surface area (Å²) in [5.74, 6) is 0.245. The van der Waals surface area contributed by atoms with E-state index in [4.69, 9.17) is 11.6 Å². The summed E-state index contributed by atoms with van der Waals surface area (Å²) in [4.78, 5) is 15.4. The van der Waals surface area contributed by atoms with Gasteiger partial charge in [0.15, 0.2) is 0 Å². The predicted octanol–water partition coefficient (Wildman–Crippen LogP) is 4.00. The molecule has 0 saturated heterocycles. The van der Waals surface area contributed by atoms with Crippen molar-refractivity contribution in [2.45, 2.75) is 18.9 Å². The number of imidazole rings is 1. The van der Waals surface area contributed by atoms with Crippen LogP contribution in [-0.4, -0.2) is 14.3 Å². The normalized spacial score (nSPS) is 16.5. The van der Waals surface area contributed by atoms with Crippen molar-refractivity contribution in [1.29, 1.82) is 0 Å². The van der Waals surface area contributed by atoms with E-state index < -0.39 is 4.92 Å². The molecule has 4 rings (SSSR count). The monoisotopic (exact) mass is 328 g/mol. The van der Waals surface area contributed by atoms with Gasteiger partial charge in [0.25, 0.3) is 0 Å².